The van der Waals surface area contributed by atoms with Crippen LogP contribution in [0.1, 0.15) is 40.1 Å². The van der Waals surface area contributed by atoms with Gasteiger partial charge in [0.05, 0.1) is 23.4 Å². The van der Waals surface area contributed by atoms with Gasteiger partial charge in [-0.25, -0.2) is 14.1 Å². The van der Waals surface area contributed by atoms with E-state index in [1.54, 1.807) is 0 Å². The molecule has 4 aromatic rings. The van der Waals surface area contributed by atoms with Crippen LogP contribution >= 0.6 is 0 Å². The first-order valence-corrected chi connectivity index (χ1v) is 10.7. The first-order chi connectivity index (χ1) is 17.7. The standard InChI is InChI=1S/C24H16F7N5O2/c1-13(15-5-7-19(24(29,30)31)36(38)11-15)33-22(37)18-12-35(20-8-6-17(25)10-32-20)34-21(18)14-3-2-4-16(9-14)23(26,27)28/h2-13H,1H3,(H,33,37)/t13-/m1/s1. The molecule has 0 aliphatic rings. The normalized spacial score (nSPS) is 12.8. The molecule has 0 radical (unpaired) electrons. The van der Waals surface area contributed by atoms with Crippen LogP contribution < -0.4 is 10.0 Å². The highest BCUT2D eigenvalue weighted by molar-refractivity contribution is 6.00. The zero-order valence-electron chi connectivity index (χ0n) is 19.2. The minimum atomic E-state index is -4.88. The maximum Gasteiger partial charge on any atom is 0.478 e. The van der Waals surface area contributed by atoms with E-state index >= 15 is 0 Å². The van der Waals surface area contributed by atoms with E-state index < -0.39 is 41.4 Å². The molecule has 14 heteroatoms. The minimum absolute atomic E-state index is 0.0366. The molecule has 1 amide bonds. The van der Waals surface area contributed by atoms with E-state index in [1.165, 1.54) is 25.3 Å². The third kappa shape index (κ3) is 5.58. The Morgan fingerprint density at radius 1 is 1.05 bits per heavy atom. The topological polar surface area (TPSA) is 86.8 Å². The van der Waals surface area contributed by atoms with Crippen LogP contribution in [-0.2, 0) is 12.4 Å². The van der Waals surface area contributed by atoms with Crippen molar-refractivity contribution in [2.24, 2.45) is 0 Å². The summed E-state index contributed by atoms with van der Waals surface area (Å²) in [5.41, 5.74) is -2.84. The summed E-state index contributed by atoms with van der Waals surface area (Å²) in [5, 5.41) is 18.5. The SMILES string of the molecule is C[C@@H](NC(=O)c1cn(-c2ccc(F)cn2)nc1-c1cccc(C(F)(F)F)c1)c1ccc(C(F)(F)F)[n+]([O-])c1. The smallest absolute Gasteiger partial charge is 0.478 e. The lowest BCUT2D eigenvalue weighted by molar-refractivity contribution is -0.629. The third-order valence-corrected chi connectivity index (χ3v) is 5.44. The average Bonchev–Trinajstić information content (AvgIpc) is 3.29. The van der Waals surface area contributed by atoms with Gasteiger partial charge in [0.2, 0.25) is 0 Å². The quantitative estimate of drug-likeness (QED) is 0.214. The summed E-state index contributed by atoms with van der Waals surface area (Å²) >= 11 is 0. The molecule has 1 aromatic carbocycles. The Labute approximate surface area is 209 Å². The van der Waals surface area contributed by atoms with Crippen LogP contribution in [0, 0.1) is 11.0 Å². The van der Waals surface area contributed by atoms with Crippen LogP contribution in [0.3, 0.4) is 0 Å². The highest BCUT2D eigenvalue weighted by atomic mass is 19.4. The van der Waals surface area contributed by atoms with Gasteiger partial charge in [0.1, 0.15) is 11.5 Å². The van der Waals surface area contributed by atoms with E-state index in [9.17, 15) is 40.7 Å². The Morgan fingerprint density at radius 2 is 1.79 bits per heavy atom. The number of benzene rings is 1. The fourth-order valence-corrected chi connectivity index (χ4v) is 3.55. The van der Waals surface area contributed by atoms with E-state index in [4.69, 9.17) is 0 Å². The second-order valence-corrected chi connectivity index (χ2v) is 8.12. The van der Waals surface area contributed by atoms with E-state index in [0.717, 1.165) is 41.2 Å². The zero-order chi connectivity index (χ0) is 27.8. The summed E-state index contributed by atoms with van der Waals surface area (Å²) in [7, 11) is 0. The molecule has 0 saturated carbocycles. The molecular formula is C24H16F7N5O2. The van der Waals surface area contributed by atoms with Crippen LogP contribution in [0.2, 0.25) is 0 Å². The fourth-order valence-electron chi connectivity index (χ4n) is 3.55. The first kappa shape index (κ1) is 26.6. The van der Waals surface area contributed by atoms with Crippen molar-refractivity contribution in [1.82, 2.24) is 20.1 Å². The Kier molecular flexibility index (Phi) is 6.82. The van der Waals surface area contributed by atoms with Gasteiger partial charge in [-0.3, -0.25) is 4.79 Å². The fraction of sp³-hybridized carbons (Fsp3) is 0.167. The Bertz CT molecular complexity index is 1480. The molecule has 0 aliphatic carbocycles. The number of carbonyl (C=O) groups is 1. The molecule has 0 saturated heterocycles. The molecule has 1 atom stereocenters. The zero-order valence-corrected chi connectivity index (χ0v) is 19.2. The van der Waals surface area contributed by atoms with Crippen LogP contribution in [0.15, 0.2) is 67.1 Å². The van der Waals surface area contributed by atoms with Crippen LogP contribution in [0.4, 0.5) is 30.7 Å². The monoisotopic (exact) mass is 539 g/mol. The first-order valence-electron chi connectivity index (χ1n) is 10.7. The second kappa shape index (κ2) is 9.76. The molecule has 3 aromatic heterocycles. The summed E-state index contributed by atoms with van der Waals surface area (Å²) in [6.07, 6.45) is -6.85. The lowest BCUT2D eigenvalue weighted by Gasteiger charge is -2.15. The van der Waals surface area contributed by atoms with Gasteiger partial charge in [-0.2, -0.15) is 36.2 Å². The summed E-state index contributed by atoms with van der Waals surface area (Å²) in [5.74, 6) is -1.45. The van der Waals surface area contributed by atoms with Crippen molar-refractivity contribution in [1.29, 1.82) is 0 Å². The summed E-state index contributed by atoms with van der Waals surface area (Å²) in [6.45, 7) is 1.40. The third-order valence-electron chi connectivity index (χ3n) is 5.44. The van der Waals surface area contributed by atoms with E-state index in [2.05, 4.69) is 15.4 Å². The summed E-state index contributed by atoms with van der Waals surface area (Å²) < 4.78 is 92.6. The van der Waals surface area contributed by atoms with Crippen molar-refractivity contribution in [3.63, 3.8) is 0 Å². The van der Waals surface area contributed by atoms with Gasteiger partial charge in [0, 0.05) is 23.4 Å². The number of amides is 1. The number of halogens is 7. The van der Waals surface area contributed by atoms with Crippen molar-refractivity contribution in [2.45, 2.75) is 25.3 Å². The van der Waals surface area contributed by atoms with Crippen LogP contribution in [0.5, 0.6) is 0 Å². The van der Waals surface area contributed by atoms with Gasteiger partial charge in [-0.1, -0.05) is 12.1 Å². The van der Waals surface area contributed by atoms with Gasteiger partial charge < -0.3 is 10.5 Å². The molecule has 198 valence electrons. The van der Waals surface area contributed by atoms with E-state index in [0.29, 0.717) is 12.3 Å². The van der Waals surface area contributed by atoms with Crippen LogP contribution in [-0.4, -0.2) is 20.7 Å². The second-order valence-electron chi connectivity index (χ2n) is 8.12. The number of pyridine rings is 2. The molecule has 1 N–H and O–H groups in total. The van der Waals surface area contributed by atoms with Crippen molar-refractivity contribution in [3.05, 3.63) is 101 Å². The number of nitrogens with one attached hydrogen (secondary N) is 1. The van der Waals surface area contributed by atoms with Gasteiger partial charge in [-0.15, -0.1) is 0 Å². The average molecular weight is 539 g/mol. The van der Waals surface area contributed by atoms with Crippen molar-refractivity contribution in [3.8, 4) is 17.1 Å². The summed E-state index contributed by atoms with van der Waals surface area (Å²) in [6, 6.07) is 6.97. The molecule has 38 heavy (non-hydrogen) atoms. The van der Waals surface area contributed by atoms with Gasteiger partial charge in [0.15, 0.2) is 12.0 Å². The van der Waals surface area contributed by atoms with Crippen LogP contribution in [0.25, 0.3) is 17.1 Å². The highest BCUT2D eigenvalue weighted by Gasteiger charge is 2.40. The molecule has 3 heterocycles. The van der Waals surface area contributed by atoms with Crippen molar-refractivity contribution < 1.29 is 40.3 Å². The number of nitrogens with zero attached hydrogens (tertiary/aromatic N) is 4. The predicted octanol–water partition coefficient (Wildman–Crippen LogP) is 5.24. The largest absolute Gasteiger partial charge is 0.618 e. The molecule has 0 aliphatic heterocycles. The van der Waals surface area contributed by atoms with Crippen molar-refractivity contribution >= 4 is 5.91 Å². The number of aromatic nitrogens is 4. The molecule has 4 rings (SSSR count). The molecule has 0 unspecified atom stereocenters. The maximum absolute atomic E-state index is 13.3. The Morgan fingerprint density at radius 3 is 2.39 bits per heavy atom. The minimum Gasteiger partial charge on any atom is -0.618 e. The molecule has 7 nitrogen and oxygen atoms in total. The molecular weight excluding hydrogens is 523 g/mol. The van der Waals surface area contributed by atoms with Gasteiger partial charge in [0.25, 0.3) is 11.6 Å². The lowest BCUT2D eigenvalue weighted by Crippen LogP contribution is -2.38. The van der Waals surface area contributed by atoms with E-state index in [-0.39, 0.29) is 32.9 Å². The lowest BCUT2D eigenvalue weighted by atomic mass is 10.0. The van der Waals surface area contributed by atoms with Gasteiger partial charge in [-0.05, 0) is 37.3 Å². The number of rotatable bonds is 5. The highest BCUT2D eigenvalue weighted by Crippen LogP contribution is 2.33. The number of hydrogen-bond acceptors (Lipinski definition) is 4. The molecule has 0 bridgehead atoms. The predicted molar refractivity (Wildman–Crippen MR) is 118 cm³/mol. The van der Waals surface area contributed by atoms with Gasteiger partial charge >= 0.3 is 12.4 Å². The maximum atomic E-state index is 13.3. The number of carbonyl (C=O) groups excluding carboxylic acids is 1. The number of alkyl halides is 6. The Balaban J connectivity index is 1.72. The molecule has 0 spiro atoms. The number of hydrogen-bond donors (Lipinski definition) is 1. The molecule has 0 fully saturated rings. The van der Waals surface area contributed by atoms with E-state index in [1.807, 2.05) is 0 Å². The van der Waals surface area contributed by atoms with Crippen molar-refractivity contribution in [2.75, 3.05) is 0 Å². The Hall–Kier alpha value is -4.49. The summed E-state index contributed by atoms with van der Waals surface area (Å²) in [4.78, 5) is 17.0.